The molecule has 0 spiro atoms. The van der Waals surface area contributed by atoms with Crippen molar-refractivity contribution in [3.05, 3.63) is 52.4 Å². The number of nitrogens with zero attached hydrogens (tertiary/aromatic N) is 3. The highest BCUT2D eigenvalue weighted by Crippen LogP contribution is 2.26. The minimum Gasteiger partial charge on any atom is -0.489 e. The highest BCUT2D eigenvalue weighted by atomic mass is 16.5. The van der Waals surface area contributed by atoms with Crippen LogP contribution in [0.1, 0.15) is 37.8 Å². The number of hydrogen-bond acceptors (Lipinski definition) is 3. The molecule has 1 N–H and O–H groups in total. The number of ether oxygens (including phenoxy) is 1. The van der Waals surface area contributed by atoms with Gasteiger partial charge in [-0.15, -0.1) is 0 Å². The zero-order chi connectivity index (χ0) is 15.7. The van der Waals surface area contributed by atoms with E-state index in [9.17, 15) is 4.79 Å². The number of azide groups is 1. The Kier molecular flexibility index (Phi) is 6.84. The van der Waals surface area contributed by atoms with Gasteiger partial charge >= 0.3 is 5.97 Å². The molecule has 1 aromatic rings. The van der Waals surface area contributed by atoms with Crippen LogP contribution in [0, 0.1) is 0 Å². The summed E-state index contributed by atoms with van der Waals surface area (Å²) in [4.78, 5) is 13.3. The van der Waals surface area contributed by atoms with Crippen molar-refractivity contribution in [3.63, 3.8) is 0 Å². The Morgan fingerprint density at radius 2 is 2.14 bits per heavy atom. The summed E-state index contributed by atoms with van der Waals surface area (Å²) in [5.74, 6) is -0.134. The predicted octanol–water partition coefficient (Wildman–Crippen LogP) is 4.25. The van der Waals surface area contributed by atoms with Crippen LogP contribution in [0.15, 0.2) is 41.5 Å². The minimum atomic E-state index is -0.849. The zero-order valence-corrected chi connectivity index (χ0v) is 12.0. The molecule has 6 heteroatoms. The molecule has 1 rings (SSSR count). The van der Waals surface area contributed by atoms with Gasteiger partial charge in [-0.25, -0.2) is 0 Å². The molecule has 0 fully saturated rings. The quantitative estimate of drug-likeness (QED) is 0.318. The number of benzene rings is 1. The first-order chi connectivity index (χ1) is 10.0. The number of aliphatic carboxylic acids is 1. The van der Waals surface area contributed by atoms with E-state index < -0.39 is 5.97 Å². The fourth-order valence-corrected chi connectivity index (χ4v) is 1.79. The van der Waals surface area contributed by atoms with E-state index in [-0.39, 0.29) is 12.5 Å². The molecule has 0 bridgehead atoms. The maximum absolute atomic E-state index is 10.5. The summed E-state index contributed by atoms with van der Waals surface area (Å²) < 4.78 is 5.49. The van der Waals surface area contributed by atoms with Crippen LogP contribution in [0.2, 0.25) is 0 Å². The van der Waals surface area contributed by atoms with Gasteiger partial charge in [0.25, 0.3) is 0 Å². The lowest BCUT2D eigenvalue weighted by Crippen LogP contribution is -2.00. The number of hydrogen-bond donors (Lipinski definition) is 1. The Balaban J connectivity index is 2.67. The summed E-state index contributed by atoms with van der Waals surface area (Å²) >= 11 is 0. The van der Waals surface area contributed by atoms with E-state index in [2.05, 4.69) is 16.6 Å². The molecule has 0 saturated carbocycles. The minimum absolute atomic E-state index is 0.0667. The molecule has 1 aromatic carbocycles. The first kappa shape index (κ1) is 16.6. The van der Waals surface area contributed by atoms with Crippen molar-refractivity contribution in [2.75, 3.05) is 6.61 Å². The lowest BCUT2D eigenvalue weighted by Gasteiger charge is -2.12. The first-order valence-electron chi connectivity index (χ1n) is 6.66. The molecule has 0 aliphatic heterocycles. The number of rotatable bonds is 9. The summed E-state index contributed by atoms with van der Waals surface area (Å²) in [6.07, 6.45) is 1.03. The topological polar surface area (TPSA) is 95.3 Å². The summed E-state index contributed by atoms with van der Waals surface area (Å²) in [5.41, 5.74) is 10.4. The van der Waals surface area contributed by atoms with Crippen molar-refractivity contribution in [2.24, 2.45) is 5.11 Å². The molecule has 112 valence electrons. The predicted molar refractivity (Wildman–Crippen MR) is 80.1 cm³/mol. The van der Waals surface area contributed by atoms with Crippen molar-refractivity contribution in [3.8, 4) is 5.75 Å². The Bertz CT molecular complexity index is 534. The maximum Gasteiger partial charge on any atom is 0.303 e. The second-order valence-corrected chi connectivity index (χ2v) is 4.82. The highest BCUT2D eigenvalue weighted by molar-refractivity contribution is 5.66. The fraction of sp³-hybridized carbons (Fsp3) is 0.400. The average Bonchev–Trinajstić information content (AvgIpc) is 2.44. The van der Waals surface area contributed by atoms with Crippen LogP contribution in [-0.2, 0) is 4.79 Å². The van der Waals surface area contributed by atoms with Crippen LogP contribution in [0.5, 0.6) is 5.75 Å². The van der Waals surface area contributed by atoms with Gasteiger partial charge < -0.3 is 9.84 Å². The first-order valence-corrected chi connectivity index (χ1v) is 6.66. The molecule has 0 aliphatic rings. The smallest absolute Gasteiger partial charge is 0.303 e. The lowest BCUT2D eigenvalue weighted by atomic mass is 10.0. The molecule has 21 heavy (non-hydrogen) atoms. The molecule has 1 atom stereocenters. The second-order valence-electron chi connectivity index (χ2n) is 4.82. The van der Waals surface area contributed by atoms with E-state index in [1.165, 1.54) is 0 Å². The molecule has 1 unspecified atom stereocenters. The molecular formula is C15H19N3O3. The molecule has 6 nitrogen and oxygen atoms in total. The Morgan fingerprint density at radius 1 is 1.48 bits per heavy atom. The van der Waals surface area contributed by atoms with Crippen LogP contribution < -0.4 is 4.74 Å². The van der Waals surface area contributed by atoms with Gasteiger partial charge in [-0.3, -0.25) is 4.79 Å². The SMILES string of the molecule is C=C(C)COc1ccc(C(CCCC(=O)O)N=[N+]=[N-])cc1. The van der Waals surface area contributed by atoms with Gasteiger partial charge in [-0.2, -0.15) is 0 Å². The van der Waals surface area contributed by atoms with E-state index >= 15 is 0 Å². The number of carboxylic acid groups (broad SMARTS) is 1. The monoisotopic (exact) mass is 289 g/mol. The molecule has 0 aromatic heterocycles. The molecule has 0 amide bonds. The second kappa shape index (κ2) is 8.66. The van der Waals surface area contributed by atoms with E-state index in [0.29, 0.717) is 25.2 Å². The molecule has 0 aliphatic carbocycles. The lowest BCUT2D eigenvalue weighted by molar-refractivity contribution is -0.137. The van der Waals surface area contributed by atoms with Crippen molar-refractivity contribution in [2.45, 2.75) is 32.2 Å². The third kappa shape index (κ3) is 6.49. The van der Waals surface area contributed by atoms with E-state index in [1.54, 1.807) is 12.1 Å². The van der Waals surface area contributed by atoms with Crippen molar-refractivity contribution < 1.29 is 14.6 Å². The van der Waals surface area contributed by atoms with Gasteiger partial charge in [0.15, 0.2) is 0 Å². The van der Waals surface area contributed by atoms with Crippen LogP contribution in [0.4, 0.5) is 0 Å². The molecule has 0 radical (unpaired) electrons. The molecule has 0 heterocycles. The largest absolute Gasteiger partial charge is 0.489 e. The van der Waals surface area contributed by atoms with Gasteiger partial charge in [0, 0.05) is 11.3 Å². The van der Waals surface area contributed by atoms with Crippen LogP contribution in [0.3, 0.4) is 0 Å². The van der Waals surface area contributed by atoms with Gasteiger partial charge in [0.2, 0.25) is 0 Å². The van der Waals surface area contributed by atoms with E-state index in [0.717, 1.165) is 11.1 Å². The highest BCUT2D eigenvalue weighted by Gasteiger charge is 2.10. The maximum atomic E-state index is 10.5. The summed E-state index contributed by atoms with van der Waals surface area (Å²) in [7, 11) is 0. The van der Waals surface area contributed by atoms with Gasteiger partial charge in [-0.05, 0) is 48.6 Å². The van der Waals surface area contributed by atoms with Crippen molar-refractivity contribution in [1.29, 1.82) is 0 Å². The van der Waals surface area contributed by atoms with Gasteiger partial charge in [0.05, 0.1) is 6.04 Å². The van der Waals surface area contributed by atoms with Gasteiger partial charge in [0.1, 0.15) is 12.4 Å². The van der Waals surface area contributed by atoms with Crippen molar-refractivity contribution in [1.82, 2.24) is 0 Å². The molecular weight excluding hydrogens is 270 g/mol. The van der Waals surface area contributed by atoms with E-state index in [1.807, 2.05) is 19.1 Å². The summed E-state index contributed by atoms with van der Waals surface area (Å²) in [6.45, 7) is 6.10. The molecule has 0 saturated heterocycles. The summed E-state index contributed by atoms with van der Waals surface area (Å²) in [6, 6.07) is 6.90. The Labute approximate surface area is 123 Å². The third-order valence-corrected chi connectivity index (χ3v) is 2.81. The van der Waals surface area contributed by atoms with Gasteiger partial charge in [-0.1, -0.05) is 23.8 Å². The standard InChI is InChI=1S/C15H19N3O3/c1-11(2)10-21-13-8-6-12(7-9-13)14(17-18-16)4-3-5-15(19)20/h6-9,14H,1,3-5,10H2,2H3,(H,19,20). The average molecular weight is 289 g/mol. The fourth-order valence-electron chi connectivity index (χ4n) is 1.79. The van der Waals surface area contributed by atoms with Crippen molar-refractivity contribution >= 4 is 5.97 Å². The van der Waals surface area contributed by atoms with Crippen LogP contribution >= 0.6 is 0 Å². The normalized spacial score (nSPS) is 11.3. The van der Waals surface area contributed by atoms with Crippen LogP contribution in [-0.4, -0.2) is 17.7 Å². The number of carboxylic acids is 1. The zero-order valence-electron chi connectivity index (χ0n) is 12.0. The van der Waals surface area contributed by atoms with E-state index in [4.69, 9.17) is 15.4 Å². The summed E-state index contributed by atoms with van der Waals surface area (Å²) in [5, 5.41) is 12.4. The Hall–Kier alpha value is -2.46. The third-order valence-electron chi connectivity index (χ3n) is 2.81. The van der Waals surface area contributed by atoms with Crippen LogP contribution in [0.25, 0.3) is 10.4 Å². The number of carbonyl (C=O) groups is 1. The Morgan fingerprint density at radius 3 is 2.67 bits per heavy atom.